The number of hydrogen-bond acceptors (Lipinski definition) is 6. The van der Waals surface area contributed by atoms with E-state index in [2.05, 4.69) is 21.3 Å². The van der Waals surface area contributed by atoms with Crippen molar-refractivity contribution in [2.75, 3.05) is 45.2 Å². The number of aromatic nitrogens is 1. The lowest BCUT2D eigenvalue weighted by atomic mass is 10.0. The molecule has 160 valence electrons. The van der Waals surface area contributed by atoms with Crippen LogP contribution in [0.3, 0.4) is 0 Å². The van der Waals surface area contributed by atoms with E-state index in [0.717, 1.165) is 49.4 Å². The van der Waals surface area contributed by atoms with E-state index in [1.807, 2.05) is 31.3 Å². The number of amides is 1. The van der Waals surface area contributed by atoms with Crippen molar-refractivity contribution in [1.82, 2.24) is 14.8 Å². The minimum absolute atomic E-state index is 0.0198. The average Bonchev–Trinajstić information content (AvgIpc) is 3.20. The monoisotopic (exact) mass is 410 g/mol. The van der Waals surface area contributed by atoms with Gasteiger partial charge < -0.3 is 20.1 Å². The molecule has 1 aromatic heterocycles. The molecule has 0 saturated carbocycles. The second kappa shape index (κ2) is 9.45. The zero-order chi connectivity index (χ0) is 20.9. The Hall–Kier alpha value is -2.64. The number of pyridine rings is 1. The highest BCUT2D eigenvalue weighted by atomic mass is 16.5. The molecule has 1 unspecified atom stereocenters. The molecular formula is C23H30N4O3. The molecular weight excluding hydrogens is 380 g/mol. The molecule has 2 aliphatic heterocycles. The van der Waals surface area contributed by atoms with E-state index in [9.17, 15) is 9.90 Å². The number of aliphatic hydroxyl groups is 1. The van der Waals surface area contributed by atoms with Gasteiger partial charge in [0, 0.05) is 45.6 Å². The van der Waals surface area contributed by atoms with Gasteiger partial charge in [-0.1, -0.05) is 18.2 Å². The fraction of sp³-hybridized carbons (Fsp3) is 0.478. The maximum absolute atomic E-state index is 13.0. The summed E-state index contributed by atoms with van der Waals surface area (Å²) < 4.78 is 5.94. The number of β-amino-alcohol motifs (C(OH)–C–C–N with tert-alkyl or cyclic N) is 1. The molecule has 1 amide bonds. The van der Waals surface area contributed by atoms with Gasteiger partial charge in [0.15, 0.2) is 6.61 Å². The summed E-state index contributed by atoms with van der Waals surface area (Å²) in [6, 6.07) is 9.72. The molecule has 2 aliphatic rings. The summed E-state index contributed by atoms with van der Waals surface area (Å²) in [6.07, 6.45) is 6.15. The Kier molecular flexibility index (Phi) is 6.50. The summed E-state index contributed by atoms with van der Waals surface area (Å²) in [4.78, 5) is 21.2. The number of aliphatic hydroxyl groups excluding tert-OH is 1. The molecule has 4 rings (SSSR count). The Bertz CT molecular complexity index is 861. The van der Waals surface area contributed by atoms with Crippen LogP contribution in [0.1, 0.15) is 30.0 Å². The smallest absolute Gasteiger partial charge is 0.260 e. The van der Waals surface area contributed by atoms with Gasteiger partial charge in [-0.05, 0) is 42.5 Å². The predicted octanol–water partition coefficient (Wildman–Crippen LogP) is 2.08. The van der Waals surface area contributed by atoms with Crippen LogP contribution in [-0.4, -0.2) is 71.7 Å². The first-order valence-electron chi connectivity index (χ1n) is 10.7. The number of likely N-dealkylation sites (tertiary alicyclic amines) is 1. The van der Waals surface area contributed by atoms with Crippen LogP contribution >= 0.6 is 0 Å². The number of ether oxygens (including phenoxy) is 1. The van der Waals surface area contributed by atoms with Crippen LogP contribution in [0.5, 0.6) is 5.75 Å². The van der Waals surface area contributed by atoms with Crippen molar-refractivity contribution in [3.8, 4) is 5.75 Å². The zero-order valence-electron chi connectivity index (χ0n) is 17.5. The summed E-state index contributed by atoms with van der Waals surface area (Å²) in [5, 5.41) is 13.3. The van der Waals surface area contributed by atoms with Gasteiger partial charge in [0.25, 0.3) is 5.91 Å². The van der Waals surface area contributed by atoms with Crippen molar-refractivity contribution in [3.05, 3.63) is 53.9 Å². The number of fused-ring (bicyclic) bond motifs is 1. The minimum Gasteiger partial charge on any atom is -0.482 e. The summed E-state index contributed by atoms with van der Waals surface area (Å²) in [5.41, 5.74) is 3.22. The van der Waals surface area contributed by atoms with Gasteiger partial charge >= 0.3 is 0 Å². The Labute approximate surface area is 177 Å². The maximum Gasteiger partial charge on any atom is 0.260 e. The van der Waals surface area contributed by atoms with Gasteiger partial charge in [-0.2, -0.15) is 0 Å². The molecule has 1 fully saturated rings. The van der Waals surface area contributed by atoms with Crippen molar-refractivity contribution in [2.45, 2.75) is 31.4 Å². The zero-order valence-corrected chi connectivity index (χ0v) is 17.5. The molecule has 2 N–H and O–H groups in total. The topological polar surface area (TPSA) is 77.9 Å². The molecule has 0 aliphatic carbocycles. The number of hydrogen-bond donors (Lipinski definition) is 2. The minimum atomic E-state index is -0.291. The van der Waals surface area contributed by atoms with E-state index < -0.39 is 0 Å². The molecule has 2 aromatic rings. The molecule has 7 heteroatoms. The third kappa shape index (κ3) is 4.74. The number of para-hydroxylation sites is 1. The highest BCUT2D eigenvalue weighted by Crippen LogP contribution is 2.32. The summed E-state index contributed by atoms with van der Waals surface area (Å²) in [6.45, 7) is 3.03. The number of likely N-dealkylation sites (N-methyl/N-ethyl adjacent to an activating group) is 1. The van der Waals surface area contributed by atoms with Crippen molar-refractivity contribution in [1.29, 1.82) is 0 Å². The lowest BCUT2D eigenvalue weighted by Crippen LogP contribution is -2.41. The molecule has 0 bridgehead atoms. The quantitative estimate of drug-likeness (QED) is 0.728. The maximum atomic E-state index is 13.0. The number of carbonyl (C=O) groups is 1. The van der Waals surface area contributed by atoms with Crippen molar-refractivity contribution >= 4 is 11.6 Å². The highest BCUT2D eigenvalue weighted by Gasteiger charge is 2.28. The van der Waals surface area contributed by atoms with Crippen LogP contribution in [0.2, 0.25) is 0 Å². The SMILES string of the molecule is CN(C(=O)COc1cccc2c1NCCC2)[C@H](CN1CCC(O)C1)c1cccnc1. The summed E-state index contributed by atoms with van der Waals surface area (Å²) >= 11 is 0. The molecule has 2 atom stereocenters. The van der Waals surface area contributed by atoms with Crippen LogP contribution in [0.4, 0.5) is 5.69 Å². The second-order valence-electron chi connectivity index (χ2n) is 8.12. The molecule has 0 radical (unpaired) electrons. The summed E-state index contributed by atoms with van der Waals surface area (Å²) in [7, 11) is 1.81. The van der Waals surface area contributed by atoms with Crippen molar-refractivity contribution in [2.24, 2.45) is 0 Å². The van der Waals surface area contributed by atoms with Crippen LogP contribution in [0, 0.1) is 0 Å². The number of nitrogens with one attached hydrogen (secondary N) is 1. The van der Waals surface area contributed by atoms with E-state index in [1.54, 1.807) is 17.3 Å². The van der Waals surface area contributed by atoms with Gasteiger partial charge in [0.1, 0.15) is 5.75 Å². The number of aryl methyl sites for hydroxylation is 1. The average molecular weight is 411 g/mol. The van der Waals surface area contributed by atoms with Gasteiger partial charge in [-0.15, -0.1) is 0 Å². The van der Waals surface area contributed by atoms with Gasteiger partial charge in [-0.25, -0.2) is 0 Å². The van der Waals surface area contributed by atoms with Crippen LogP contribution in [-0.2, 0) is 11.2 Å². The van der Waals surface area contributed by atoms with E-state index in [-0.39, 0.29) is 24.7 Å². The number of carbonyl (C=O) groups excluding carboxylic acids is 1. The fourth-order valence-electron chi connectivity index (χ4n) is 4.26. The van der Waals surface area contributed by atoms with Crippen LogP contribution < -0.4 is 10.1 Å². The predicted molar refractivity (Wildman–Crippen MR) is 116 cm³/mol. The third-order valence-electron chi connectivity index (χ3n) is 6.00. The molecule has 1 aromatic carbocycles. The van der Waals surface area contributed by atoms with Gasteiger partial charge in [-0.3, -0.25) is 14.7 Å². The van der Waals surface area contributed by atoms with Crippen LogP contribution in [0.15, 0.2) is 42.7 Å². The van der Waals surface area contributed by atoms with Crippen molar-refractivity contribution in [3.63, 3.8) is 0 Å². The lowest BCUT2D eigenvalue weighted by molar-refractivity contribution is -0.134. The van der Waals surface area contributed by atoms with E-state index in [4.69, 9.17) is 4.74 Å². The molecule has 3 heterocycles. The fourth-order valence-corrected chi connectivity index (χ4v) is 4.26. The first-order valence-corrected chi connectivity index (χ1v) is 10.7. The Morgan fingerprint density at radius 1 is 1.40 bits per heavy atom. The molecule has 30 heavy (non-hydrogen) atoms. The number of rotatable bonds is 7. The van der Waals surface area contributed by atoms with E-state index >= 15 is 0 Å². The number of benzene rings is 1. The lowest BCUT2D eigenvalue weighted by Gasteiger charge is -2.32. The van der Waals surface area contributed by atoms with Crippen LogP contribution in [0.25, 0.3) is 0 Å². The standard InChI is InChI=1S/C23H30N4O3/c1-26(20(18-7-3-10-24-13-18)15-27-12-9-19(28)14-27)22(29)16-30-21-8-2-5-17-6-4-11-25-23(17)21/h2-3,5,7-8,10,13,19-20,25,28H,4,6,9,11-12,14-16H2,1H3/t19?,20-/m1/s1. The summed E-state index contributed by atoms with van der Waals surface area (Å²) in [5.74, 6) is 0.645. The Morgan fingerprint density at radius 2 is 2.30 bits per heavy atom. The normalized spacial score (nSPS) is 19.6. The van der Waals surface area contributed by atoms with Gasteiger partial charge in [0.05, 0.1) is 17.8 Å². The third-order valence-corrected chi connectivity index (χ3v) is 6.00. The first-order chi connectivity index (χ1) is 14.6. The molecule has 7 nitrogen and oxygen atoms in total. The van der Waals surface area contributed by atoms with Gasteiger partial charge in [0.2, 0.25) is 0 Å². The Balaban J connectivity index is 1.44. The molecule has 0 spiro atoms. The first kappa shape index (κ1) is 20.6. The van der Waals surface area contributed by atoms with Crippen molar-refractivity contribution < 1.29 is 14.6 Å². The highest BCUT2D eigenvalue weighted by molar-refractivity contribution is 5.78. The number of anilines is 1. The largest absolute Gasteiger partial charge is 0.482 e. The molecule has 1 saturated heterocycles. The number of nitrogens with zero attached hydrogens (tertiary/aromatic N) is 3. The van der Waals surface area contributed by atoms with E-state index in [1.165, 1.54) is 5.56 Å². The second-order valence-corrected chi connectivity index (χ2v) is 8.12. The van der Waals surface area contributed by atoms with E-state index in [0.29, 0.717) is 13.1 Å². The Morgan fingerprint density at radius 3 is 3.07 bits per heavy atom.